The molecule has 1 aliphatic rings. The van der Waals surface area contributed by atoms with Crippen LogP contribution in [0.3, 0.4) is 0 Å². The van der Waals surface area contributed by atoms with Gasteiger partial charge in [-0.3, -0.25) is 14.5 Å². The molecule has 0 unspecified atom stereocenters. The predicted molar refractivity (Wildman–Crippen MR) is 86.5 cm³/mol. The molecule has 1 amide bonds. The summed E-state index contributed by atoms with van der Waals surface area (Å²) in [4.78, 5) is 32.4. The van der Waals surface area contributed by atoms with E-state index in [0.717, 1.165) is 19.5 Å². The maximum atomic E-state index is 12.5. The van der Waals surface area contributed by atoms with E-state index < -0.39 is 0 Å². The SMILES string of the molecule is CCc1nc(CN2CCN(C(=O)c3ccn(C)c(=O)c3)CC2)no1. The maximum absolute atomic E-state index is 12.5. The van der Waals surface area contributed by atoms with Crippen LogP contribution in [-0.4, -0.2) is 56.6 Å². The van der Waals surface area contributed by atoms with Crippen LogP contribution >= 0.6 is 0 Å². The molecule has 3 heterocycles. The molecule has 2 aromatic heterocycles. The fourth-order valence-corrected chi connectivity index (χ4v) is 2.67. The second kappa shape index (κ2) is 6.96. The normalized spacial score (nSPS) is 15.7. The van der Waals surface area contributed by atoms with Crippen LogP contribution in [0.2, 0.25) is 0 Å². The molecule has 1 fully saturated rings. The Morgan fingerprint density at radius 3 is 2.67 bits per heavy atom. The van der Waals surface area contributed by atoms with E-state index in [1.165, 1.54) is 10.6 Å². The van der Waals surface area contributed by atoms with Gasteiger partial charge in [-0.1, -0.05) is 12.1 Å². The van der Waals surface area contributed by atoms with Crippen molar-refractivity contribution in [2.75, 3.05) is 26.2 Å². The lowest BCUT2D eigenvalue weighted by Crippen LogP contribution is -2.48. The standard InChI is InChI=1S/C16H21N5O3/c1-3-14-17-13(18-24-14)11-20-6-8-21(9-7-20)16(23)12-4-5-19(2)15(22)10-12/h4-5,10H,3,6-9,11H2,1-2H3. The number of aromatic nitrogens is 3. The average Bonchev–Trinajstić information content (AvgIpc) is 3.05. The van der Waals surface area contributed by atoms with Crippen molar-refractivity contribution in [1.29, 1.82) is 0 Å². The van der Waals surface area contributed by atoms with Crippen LogP contribution in [-0.2, 0) is 20.0 Å². The molecule has 8 nitrogen and oxygen atoms in total. The van der Waals surface area contributed by atoms with Gasteiger partial charge in [0.05, 0.1) is 6.54 Å². The fourth-order valence-electron chi connectivity index (χ4n) is 2.67. The highest BCUT2D eigenvalue weighted by Gasteiger charge is 2.23. The Balaban J connectivity index is 1.57. The van der Waals surface area contributed by atoms with Gasteiger partial charge in [-0.25, -0.2) is 0 Å². The van der Waals surface area contributed by atoms with Crippen molar-refractivity contribution < 1.29 is 9.32 Å². The number of piperazine rings is 1. The van der Waals surface area contributed by atoms with E-state index in [0.29, 0.717) is 36.9 Å². The van der Waals surface area contributed by atoms with Crippen LogP contribution in [0.15, 0.2) is 27.6 Å². The van der Waals surface area contributed by atoms with Crippen molar-refractivity contribution in [3.05, 3.63) is 46.0 Å². The number of nitrogens with zero attached hydrogens (tertiary/aromatic N) is 5. The zero-order valence-corrected chi connectivity index (χ0v) is 13.9. The Morgan fingerprint density at radius 1 is 1.29 bits per heavy atom. The maximum Gasteiger partial charge on any atom is 0.254 e. The topological polar surface area (TPSA) is 84.5 Å². The lowest BCUT2D eigenvalue weighted by atomic mass is 10.2. The van der Waals surface area contributed by atoms with Gasteiger partial charge in [0.25, 0.3) is 11.5 Å². The molecule has 0 aliphatic carbocycles. The Kier molecular flexibility index (Phi) is 4.75. The summed E-state index contributed by atoms with van der Waals surface area (Å²) in [6.45, 7) is 5.31. The summed E-state index contributed by atoms with van der Waals surface area (Å²) in [6, 6.07) is 3.07. The van der Waals surface area contributed by atoms with Crippen LogP contribution < -0.4 is 5.56 Å². The number of hydrogen-bond donors (Lipinski definition) is 0. The average molecular weight is 331 g/mol. The molecule has 1 aliphatic heterocycles. The Hall–Kier alpha value is -2.48. The molecule has 3 rings (SSSR count). The molecule has 0 radical (unpaired) electrons. The molecule has 128 valence electrons. The number of aryl methyl sites for hydroxylation is 2. The van der Waals surface area contributed by atoms with E-state index in [1.807, 2.05) is 6.92 Å². The molecule has 0 spiro atoms. The van der Waals surface area contributed by atoms with E-state index >= 15 is 0 Å². The van der Waals surface area contributed by atoms with Gasteiger partial charge in [0.2, 0.25) is 5.89 Å². The second-order valence-electron chi connectivity index (χ2n) is 5.89. The largest absolute Gasteiger partial charge is 0.339 e. The predicted octanol–water partition coefficient (Wildman–Crippen LogP) is 0.289. The lowest BCUT2D eigenvalue weighted by molar-refractivity contribution is 0.0624. The van der Waals surface area contributed by atoms with Crippen molar-refractivity contribution in [2.24, 2.45) is 7.05 Å². The molecular formula is C16H21N5O3. The van der Waals surface area contributed by atoms with E-state index in [9.17, 15) is 9.59 Å². The minimum Gasteiger partial charge on any atom is -0.339 e. The first-order valence-corrected chi connectivity index (χ1v) is 8.06. The Bertz CT molecular complexity index is 774. The third-order valence-electron chi connectivity index (χ3n) is 4.19. The van der Waals surface area contributed by atoms with Gasteiger partial charge < -0.3 is 14.0 Å². The summed E-state index contributed by atoms with van der Waals surface area (Å²) in [6.07, 6.45) is 2.35. The summed E-state index contributed by atoms with van der Waals surface area (Å²) in [5.74, 6) is 1.22. The molecule has 0 aromatic carbocycles. The minimum absolute atomic E-state index is 0.0971. The third kappa shape index (κ3) is 3.53. The van der Waals surface area contributed by atoms with Gasteiger partial charge in [0.1, 0.15) is 0 Å². The monoisotopic (exact) mass is 331 g/mol. The number of hydrogen-bond acceptors (Lipinski definition) is 6. The van der Waals surface area contributed by atoms with Crippen LogP contribution in [0, 0.1) is 0 Å². The van der Waals surface area contributed by atoms with Crippen LogP contribution in [0.25, 0.3) is 0 Å². The Morgan fingerprint density at radius 2 is 2.04 bits per heavy atom. The van der Waals surface area contributed by atoms with E-state index in [1.54, 1.807) is 24.2 Å². The molecule has 0 bridgehead atoms. The van der Waals surface area contributed by atoms with Crippen LogP contribution in [0.1, 0.15) is 29.0 Å². The van der Waals surface area contributed by atoms with Gasteiger partial charge in [0.15, 0.2) is 5.82 Å². The molecular weight excluding hydrogens is 310 g/mol. The van der Waals surface area contributed by atoms with Crippen molar-refractivity contribution in [1.82, 2.24) is 24.5 Å². The quantitative estimate of drug-likeness (QED) is 0.800. The van der Waals surface area contributed by atoms with E-state index in [-0.39, 0.29) is 11.5 Å². The van der Waals surface area contributed by atoms with Crippen molar-refractivity contribution in [2.45, 2.75) is 19.9 Å². The number of carbonyl (C=O) groups excluding carboxylic acids is 1. The van der Waals surface area contributed by atoms with Crippen molar-refractivity contribution >= 4 is 5.91 Å². The molecule has 0 saturated carbocycles. The summed E-state index contributed by atoms with van der Waals surface area (Å²) < 4.78 is 6.56. The van der Waals surface area contributed by atoms with Crippen molar-refractivity contribution in [3.63, 3.8) is 0 Å². The second-order valence-corrected chi connectivity index (χ2v) is 5.89. The summed E-state index contributed by atoms with van der Waals surface area (Å²) >= 11 is 0. The number of carbonyl (C=O) groups is 1. The van der Waals surface area contributed by atoms with Gasteiger partial charge in [-0.05, 0) is 6.07 Å². The number of amides is 1. The highest BCUT2D eigenvalue weighted by Crippen LogP contribution is 2.10. The molecule has 1 saturated heterocycles. The van der Waals surface area contributed by atoms with E-state index in [4.69, 9.17) is 4.52 Å². The lowest BCUT2D eigenvalue weighted by Gasteiger charge is -2.34. The third-order valence-corrected chi connectivity index (χ3v) is 4.19. The van der Waals surface area contributed by atoms with Gasteiger partial charge in [0, 0.05) is 57.5 Å². The number of pyridine rings is 1. The smallest absolute Gasteiger partial charge is 0.254 e. The van der Waals surface area contributed by atoms with Gasteiger partial charge >= 0.3 is 0 Å². The van der Waals surface area contributed by atoms with Crippen LogP contribution in [0.5, 0.6) is 0 Å². The first-order chi connectivity index (χ1) is 11.6. The number of rotatable bonds is 4. The molecule has 0 N–H and O–H groups in total. The highest BCUT2D eigenvalue weighted by molar-refractivity contribution is 5.94. The zero-order valence-electron chi connectivity index (χ0n) is 13.9. The van der Waals surface area contributed by atoms with Crippen LogP contribution in [0.4, 0.5) is 0 Å². The zero-order chi connectivity index (χ0) is 17.1. The Labute approximate surface area is 139 Å². The molecule has 24 heavy (non-hydrogen) atoms. The fraction of sp³-hybridized carbons (Fsp3) is 0.500. The van der Waals surface area contributed by atoms with Crippen molar-refractivity contribution in [3.8, 4) is 0 Å². The minimum atomic E-state index is -0.177. The molecule has 2 aromatic rings. The van der Waals surface area contributed by atoms with Gasteiger partial charge in [-0.2, -0.15) is 4.98 Å². The summed E-state index contributed by atoms with van der Waals surface area (Å²) in [5, 5.41) is 3.96. The molecule has 0 atom stereocenters. The summed E-state index contributed by atoms with van der Waals surface area (Å²) in [7, 11) is 1.66. The first-order valence-electron chi connectivity index (χ1n) is 8.06. The first kappa shape index (κ1) is 16.4. The van der Waals surface area contributed by atoms with Gasteiger partial charge in [-0.15, -0.1) is 0 Å². The summed E-state index contributed by atoms with van der Waals surface area (Å²) in [5.41, 5.74) is 0.264. The molecule has 8 heteroatoms. The van der Waals surface area contributed by atoms with E-state index in [2.05, 4.69) is 15.0 Å². The highest BCUT2D eigenvalue weighted by atomic mass is 16.5.